The van der Waals surface area contributed by atoms with Crippen LogP contribution in [0, 0.1) is 0 Å². The van der Waals surface area contributed by atoms with Crippen LogP contribution < -0.4 is 24.8 Å². The van der Waals surface area contributed by atoms with Crippen molar-refractivity contribution in [1.29, 1.82) is 0 Å². The molecule has 1 aromatic rings. The minimum absolute atomic E-state index is 0.225. The number of carbonyl (C=O) groups is 2. The van der Waals surface area contributed by atoms with Crippen LogP contribution >= 0.6 is 0 Å². The Morgan fingerprint density at radius 1 is 1.03 bits per heavy atom. The summed E-state index contributed by atoms with van der Waals surface area (Å²) in [5, 5.41) is 5.71. The van der Waals surface area contributed by atoms with E-state index in [1.54, 1.807) is 19.1 Å². The van der Waals surface area contributed by atoms with Crippen LogP contribution in [-0.2, 0) is 9.53 Å². The number of urea groups is 1. The number of hydrogen-bond acceptors (Lipinski definition) is 7. The molecule has 2 heterocycles. The summed E-state index contributed by atoms with van der Waals surface area (Å²) in [6.07, 6.45) is 4.58. The summed E-state index contributed by atoms with van der Waals surface area (Å²) in [5.41, 5.74) is 1.49. The average Bonchev–Trinajstić information content (AvgIpc) is 3.06. The summed E-state index contributed by atoms with van der Waals surface area (Å²) in [7, 11) is 4.56. The Balaban J connectivity index is 2.10. The van der Waals surface area contributed by atoms with Crippen LogP contribution in [0.25, 0.3) is 0 Å². The smallest absolute Gasteiger partial charge is 0.338 e. The summed E-state index contributed by atoms with van der Waals surface area (Å²) in [6.45, 7) is 4.30. The zero-order chi connectivity index (χ0) is 23.1. The molecule has 0 radical (unpaired) electrons. The van der Waals surface area contributed by atoms with Gasteiger partial charge in [0.25, 0.3) is 0 Å². The first kappa shape index (κ1) is 23.7. The third-order valence-electron chi connectivity index (χ3n) is 5.78. The molecule has 2 aliphatic heterocycles. The summed E-state index contributed by atoms with van der Waals surface area (Å²) < 4.78 is 21.9. The van der Waals surface area contributed by atoms with Crippen LogP contribution in [0.2, 0.25) is 0 Å². The number of nitrogens with zero attached hydrogens (tertiary/aromatic N) is 1. The molecular weight excluding hydrogens is 414 g/mol. The molecule has 1 saturated heterocycles. The van der Waals surface area contributed by atoms with E-state index in [4.69, 9.17) is 18.9 Å². The molecule has 0 spiro atoms. The fourth-order valence-electron chi connectivity index (χ4n) is 4.30. The van der Waals surface area contributed by atoms with Gasteiger partial charge in [-0.1, -0.05) is 12.8 Å². The first-order chi connectivity index (χ1) is 15.5. The second-order valence-electron chi connectivity index (χ2n) is 7.76. The van der Waals surface area contributed by atoms with E-state index >= 15 is 0 Å². The van der Waals surface area contributed by atoms with Gasteiger partial charge in [-0.2, -0.15) is 0 Å². The van der Waals surface area contributed by atoms with Gasteiger partial charge in [0.1, 0.15) is 0 Å². The quantitative estimate of drug-likeness (QED) is 0.591. The zero-order valence-corrected chi connectivity index (χ0v) is 19.3. The molecular formula is C23H33N3O6. The van der Waals surface area contributed by atoms with E-state index in [1.165, 1.54) is 34.2 Å². The molecule has 2 N–H and O–H groups in total. The second-order valence-corrected chi connectivity index (χ2v) is 7.76. The highest BCUT2D eigenvalue weighted by molar-refractivity contribution is 5.95. The molecule has 0 aliphatic carbocycles. The summed E-state index contributed by atoms with van der Waals surface area (Å²) in [4.78, 5) is 28.0. The van der Waals surface area contributed by atoms with Crippen molar-refractivity contribution in [3.05, 3.63) is 29.0 Å². The van der Waals surface area contributed by atoms with Crippen molar-refractivity contribution >= 4 is 12.0 Å². The lowest BCUT2D eigenvalue weighted by molar-refractivity contribution is -0.139. The number of esters is 1. The maximum atomic E-state index is 13.1. The predicted octanol–water partition coefficient (Wildman–Crippen LogP) is 2.76. The molecule has 176 valence electrons. The van der Waals surface area contributed by atoms with Gasteiger partial charge in [0.15, 0.2) is 11.5 Å². The van der Waals surface area contributed by atoms with Gasteiger partial charge < -0.3 is 29.6 Å². The molecule has 9 heteroatoms. The maximum absolute atomic E-state index is 13.1. The minimum atomic E-state index is -0.764. The zero-order valence-electron chi connectivity index (χ0n) is 19.3. The Bertz CT molecular complexity index is 862. The molecule has 3 rings (SSSR count). The number of amides is 2. The summed E-state index contributed by atoms with van der Waals surface area (Å²) >= 11 is 0. The predicted molar refractivity (Wildman–Crippen MR) is 119 cm³/mol. The molecule has 2 amide bonds. The number of benzene rings is 1. The van der Waals surface area contributed by atoms with Crippen LogP contribution in [0.5, 0.6) is 17.2 Å². The van der Waals surface area contributed by atoms with Crippen molar-refractivity contribution in [1.82, 2.24) is 15.5 Å². The highest BCUT2D eigenvalue weighted by atomic mass is 16.5. The number of hydrogen-bond donors (Lipinski definition) is 2. The van der Waals surface area contributed by atoms with Gasteiger partial charge in [0.2, 0.25) is 5.75 Å². The molecule has 0 saturated carbocycles. The standard InChI is InChI=1S/C23H33N3O6/c1-5-32-22(27)18-16(14-26-12-8-6-7-9-13-26)24-23(28)25-19(18)15-10-11-17(29-2)21(31-4)20(15)30-3/h10-11,19H,5-9,12-14H2,1-4H3,(H2,24,25,28)/t19-/m1/s1. The Kier molecular flexibility index (Phi) is 8.21. The SMILES string of the molecule is CCOC(=O)C1=C(CN2CCCCCC2)NC(=O)N[C@@H]1c1ccc(OC)c(OC)c1OC. The summed E-state index contributed by atoms with van der Waals surface area (Å²) in [5.74, 6) is 0.777. The van der Waals surface area contributed by atoms with Crippen molar-refractivity contribution in [3.8, 4) is 17.2 Å². The molecule has 0 unspecified atom stereocenters. The largest absolute Gasteiger partial charge is 0.493 e. The molecule has 0 aromatic heterocycles. The fraction of sp³-hybridized carbons (Fsp3) is 0.565. The Morgan fingerprint density at radius 3 is 2.31 bits per heavy atom. The highest BCUT2D eigenvalue weighted by Crippen LogP contribution is 2.44. The van der Waals surface area contributed by atoms with Crippen LogP contribution in [0.4, 0.5) is 4.79 Å². The lowest BCUT2D eigenvalue weighted by atomic mass is 9.93. The number of rotatable bonds is 8. The monoisotopic (exact) mass is 447 g/mol. The Morgan fingerprint density at radius 2 is 1.72 bits per heavy atom. The van der Waals surface area contributed by atoms with Gasteiger partial charge in [0.05, 0.1) is 39.6 Å². The van der Waals surface area contributed by atoms with Gasteiger partial charge in [-0.3, -0.25) is 4.90 Å². The average molecular weight is 448 g/mol. The molecule has 1 aromatic carbocycles. The highest BCUT2D eigenvalue weighted by Gasteiger charge is 2.37. The molecule has 1 fully saturated rings. The van der Waals surface area contributed by atoms with Crippen molar-refractivity contribution < 1.29 is 28.5 Å². The van der Waals surface area contributed by atoms with Crippen LogP contribution in [0.1, 0.15) is 44.2 Å². The Labute approximate surface area is 189 Å². The lowest BCUT2D eigenvalue weighted by Crippen LogP contribution is -2.48. The molecule has 1 atom stereocenters. The lowest BCUT2D eigenvalue weighted by Gasteiger charge is -2.32. The molecule has 0 bridgehead atoms. The van der Waals surface area contributed by atoms with Gasteiger partial charge in [-0.25, -0.2) is 9.59 Å². The molecule has 9 nitrogen and oxygen atoms in total. The van der Waals surface area contributed by atoms with E-state index in [0.29, 0.717) is 40.6 Å². The maximum Gasteiger partial charge on any atom is 0.338 e. The van der Waals surface area contributed by atoms with E-state index in [0.717, 1.165) is 25.9 Å². The number of carbonyl (C=O) groups excluding carboxylic acids is 2. The van der Waals surface area contributed by atoms with Gasteiger partial charge in [-0.05, 0) is 45.0 Å². The van der Waals surface area contributed by atoms with Crippen LogP contribution in [0.3, 0.4) is 0 Å². The fourth-order valence-corrected chi connectivity index (χ4v) is 4.30. The van der Waals surface area contributed by atoms with E-state index < -0.39 is 12.0 Å². The minimum Gasteiger partial charge on any atom is -0.493 e. The van der Waals surface area contributed by atoms with Crippen molar-refractivity contribution in [2.75, 3.05) is 47.6 Å². The van der Waals surface area contributed by atoms with E-state index in [2.05, 4.69) is 15.5 Å². The van der Waals surface area contributed by atoms with E-state index in [-0.39, 0.29) is 12.6 Å². The van der Waals surface area contributed by atoms with E-state index in [1.807, 2.05) is 0 Å². The number of nitrogens with one attached hydrogen (secondary N) is 2. The van der Waals surface area contributed by atoms with Crippen LogP contribution in [0.15, 0.2) is 23.4 Å². The van der Waals surface area contributed by atoms with Gasteiger partial charge in [-0.15, -0.1) is 0 Å². The third-order valence-corrected chi connectivity index (χ3v) is 5.78. The molecule has 32 heavy (non-hydrogen) atoms. The number of likely N-dealkylation sites (tertiary alicyclic amines) is 1. The van der Waals surface area contributed by atoms with Gasteiger partial charge >= 0.3 is 12.0 Å². The van der Waals surface area contributed by atoms with Crippen molar-refractivity contribution in [3.63, 3.8) is 0 Å². The Hall–Kier alpha value is -2.94. The third kappa shape index (κ3) is 5.09. The first-order valence-electron chi connectivity index (χ1n) is 11.0. The van der Waals surface area contributed by atoms with E-state index in [9.17, 15) is 9.59 Å². The summed E-state index contributed by atoms with van der Waals surface area (Å²) in [6, 6.07) is 2.34. The van der Waals surface area contributed by atoms with Gasteiger partial charge in [0, 0.05) is 17.8 Å². The topological polar surface area (TPSA) is 98.4 Å². The number of ether oxygens (including phenoxy) is 4. The van der Waals surface area contributed by atoms with Crippen molar-refractivity contribution in [2.24, 2.45) is 0 Å². The second kappa shape index (κ2) is 11.1. The van der Waals surface area contributed by atoms with Crippen molar-refractivity contribution in [2.45, 2.75) is 38.6 Å². The molecule has 2 aliphatic rings. The normalized spacial score (nSPS) is 19.5. The van der Waals surface area contributed by atoms with Crippen LogP contribution in [-0.4, -0.2) is 64.5 Å². The number of methoxy groups -OCH3 is 3. The first-order valence-corrected chi connectivity index (χ1v) is 11.0.